The Labute approximate surface area is 206 Å². The molecular weight excluding hydrogens is 470 g/mol. The number of hydrogen-bond acceptors (Lipinski definition) is 9. The number of aryl methyl sites for hydroxylation is 1. The first kappa shape index (κ1) is 23.4. The predicted molar refractivity (Wildman–Crippen MR) is 128 cm³/mol. The van der Waals surface area contributed by atoms with E-state index in [1.54, 1.807) is 43.3 Å². The summed E-state index contributed by atoms with van der Waals surface area (Å²) in [5.74, 6) is 1.67. The smallest absolute Gasteiger partial charge is 0.343 e. The van der Waals surface area contributed by atoms with Crippen molar-refractivity contribution in [3.8, 4) is 34.5 Å². The number of carbonyl (C=O) groups excluding carboxylic acids is 1. The molecule has 0 saturated heterocycles. The fourth-order valence-electron chi connectivity index (χ4n) is 4.49. The predicted octanol–water partition coefficient (Wildman–Crippen LogP) is 3.28. The SMILES string of the molecule is COc1cc([C@H]2c3c(cc(C)oc3=O)O[C@@H]2C(=O)Nc2ccc3c(c2)OCCO3)cc(OC)c1OC. The molecule has 36 heavy (non-hydrogen) atoms. The number of fused-ring (bicyclic) bond motifs is 2. The average molecular weight is 495 g/mol. The number of ether oxygens (including phenoxy) is 6. The largest absolute Gasteiger partial charge is 0.493 e. The van der Waals surface area contributed by atoms with Crippen molar-refractivity contribution in [3.05, 3.63) is 63.7 Å². The van der Waals surface area contributed by atoms with Crippen molar-refractivity contribution in [1.29, 1.82) is 0 Å². The number of amides is 1. The Morgan fingerprint density at radius 1 is 0.917 bits per heavy atom. The minimum atomic E-state index is -1.08. The topological polar surface area (TPSA) is 115 Å². The molecule has 0 fully saturated rings. The molecule has 3 heterocycles. The van der Waals surface area contributed by atoms with Crippen molar-refractivity contribution in [2.75, 3.05) is 39.9 Å². The van der Waals surface area contributed by atoms with Crippen molar-refractivity contribution in [2.24, 2.45) is 0 Å². The molecule has 2 aliphatic heterocycles. The third-order valence-corrected chi connectivity index (χ3v) is 6.06. The molecule has 10 heteroatoms. The summed E-state index contributed by atoms with van der Waals surface area (Å²) in [4.78, 5) is 26.5. The van der Waals surface area contributed by atoms with Gasteiger partial charge in [-0.25, -0.2) is 4.79 Å². The molecule has 2 atom stereocenters. The fraction of sp³-hybridized carbons (Fsp3) is 0.308. The first-order valence-corrected chi connectivity index (χ1v) is 11.2. The second-order valence-electron chi connectivity index (χ2n) is 8.24. The van der Waals surface area contributed by atoms with Crippen LogP contribution in [0, 0.1) is 6.92 Å². The van der Waals surface area contributed by atoms with Crippen molar-refractivity contribution >= 4 is 11.6 Å². The van der Waals surface area contributed by atoms with Gasteiger partial charge in [-0.1, -0.05) is 0 Å². The minimum absolute atomic E-state index is 0.234. The van der Waals surface area contributed by atoms with E-state index in [1.807, 2.05) is 0 Å². The number of nitrogens with one attached hydrogen (secondary N) is 1. The van der Waals surface area contributed by atoms with Gasteiger partial charge >= 0.3 is 5.63 Å². The minimum Gasteiger partial charge on any atom is -0.493 e. The van der Waals surface area contributed by atoms with Crippen molar-refractivity contribution < 1.29 is 37.6 Å². The van der Waals surface area contributed by atoms with E-state index < -0.39 is 23.6 Å². The Morgan fingerprint density at radius 3 is 2.28 bits per heavy atom. The summed E-state index contributed by atoms with van der Waals surface area (Å²) >= 11 is 0. The highest BCUT2D eigenvalue weighted by atomic mass is 16.6. The second kappa shape index (κ2) is 9.37. The van der Waals surface area contributed by atoms with Gasteiger partial charge in [-0.15, -0.1) is 0 Å². The second-order valence-corrected chi connectivity index (χ2v) is 8.24. The third-order valence-electron chi connectivity index (χ3n) is 6.06. The van der Waals surface area contributed by atoms with Crippen LogP contribution in [-0.2, 0) is 4.79 Å². The van der Waals surface area contributed by atoms with Crippen LogP contribution < -0.4 is 39.4 Å². The first-order valence-electron chi connectivity index (χ1n) is 11.2. The first-order chi connectivity index (χ1) is 17.4. The van der Waals surface area contributed by atoms with E-state index in [-0.39, 0.29) is 11.3 Å². The molecular formula is C26H25NO9. The Balaban J connectivity index is 1.56. The van der Waals surface area contributed by atoms with Crippen LogP contribution in [0.15, 0.2) is 45.6 Å². The van der Waals surface area contributed by atoms with E-state index in [9.17, 15) is 9.59 Å². The molecule has 0 bridgehead atoms. The third kappa shape index (κ3) is 4.04. The van der Waals surface area contributed by atoms with E-state index in [0.29, 0.717) is 59.0 Å². The number of methoxy groups -OCH3 is 3. The van der Waals surface area contributed by atoms with Crippen molar-refractivity contribution in [1.82, 2.24) is 0 Å². The fourth-order valence-corrected chi connectivity index (χ4v) is 4.49. The van der Waals surface area contributed by atoms with E-state index in [0.717, 1.165) is 0 Å². The summed E-state index contributed by atoms with van der Waals surface area (Å²) in [5, 5.41) is 2.86. The molecule has 0 aliphatic carbocycles. The average Bonchev–Trinajstić information content (AvgIpc) is 3.27. The van der Waals surface area contributed by atoms with E-state index >= 15 is 0 Å². The summed E-state index contributed by atoms with van der Waals surface area (Å²) in [7, 11) is 4.48. The number of hydrogen-bond donors (Lipinski definition) is 1. The Bertz CT molecular complexity index is 1360. The molecule has 2 aromatic carbocycles. The van der Waals surface area contributed by atoms with Gasteiger partial charge in [-0.2, -0.15) is 0 Å². The van der Waals surface area contributed by atoms with Gasteiger partial charge in [0.05, 0.1) is 32.8 Å². The Kier molecular flexibility index (Phi) is 6.09. The molecule has 0 spiro atoms. The van der Waals surface area contributed by atoms with E-state index in [4.69, 9.17) is 32.8 Å². The summed E-state index contributed by atoms with van der Waals surface area (Å²) in [5.41, 5.74) is 0.702. The molecule has 3 aromatic rings. The molecule has 0 saturated carbocycles. The molecule has 2 aliphatic rings. The monoisotopic (exact) mass is 495 g/mol. The molecule has 0 unspecified atom stereocenters. The Morgan fingerprint density at radius 2 is 1.61 bits per heavy atom. The maximum atomic E-state index is 13.5. The zero-order valence-electron chi connectivity index (χ0n) is 20.2. The van der Waals surface area contributed by atoms with Crippen LogP contribution >= 0.6 is 0 Å². The number of carbonyl (C=O) groups is 1. The lowest BCUT2D eigenvalue weighted by molar-refractivity contribution is -0.122. The molecule has 1 N–H and O–H groups in total. The summed E-state index contributed by atoms with van der Waals surface area (Å²) in [6, 6.07) is 10.1. The van der Waals surface area contributed by atoms with Gasteiger partial charge in [0, 0.05) is 17.8 Å². The molecule has 5 rings (SSSR count). The van der Waals surface area contributed by atoms with Crippen LogP contribution in [0.3, 0.4) is 0 Å². The molecule has 188 valence electrons. The number of benzene rings is 2. The number of rotatable bonds is 6. The molecule has 10 nitrogen and oxygen atoms in total. The molecule has 1 aromatic heterocycles. The molecule has 0 radical (unpaired) electrons. The summed E-state index contributed by atoms with van der Waals surface area (Å²) in [6.07, 6.45) is -1.08. The van der Waals surface area contributed by atoms with Crippen molar-refractivity contribution in [3.63, 3.8) is 0 Å². The highest BCUT2D eigenvalue weighted by Crippen LogP contribution is 2.46. The maximum absolute atomic E-state index is 13.5. The normalized spacial score (nSPS) is 17.6. The van der Waals surface area contributed by atoms with Crippen LogP contribution in [0.4, 0.5) is 5.69 Å². The van der Waals surface area contributed by atoms with E-state index in [2.05, 4.69) is 5.32 Å². The van der Waals surface area contributed by atoms with Gasteiger partial charge in [0.15, 0.2) is 29.1 Å². The van der Waals surface area contributed by atoms with Crippen LogP contribution in [0.2, 0.25) is 0 Å². The van der Waals surface area contributed by atoms with E-state index in [1.165, 1.54) is 21.3 Å². The van der Waals surface area contributed by atoms with Crippen LogP contribution in [0.1, 0.15) is 22.8 Å². The molecule has 1 amide bonds. The lowest BCUT2D eigenvalue weighted by Gasteiger charge is -2.22. The van der Waals surface area contributed by atoms with Crippen molar-refractivity contribution in [2.45, 2.75) is 18.9 Å². The highest BCUT2D eigenvalue weighted by molar-refractivity contribution is 5.96. The maximum Gasteiger partial charge on any atom is 0.343 e. The lowest BCUT2D eigenvalue weighted by atomic mass is 9.88. The standard InChI is InChI=1S/C26H25NO9/c1-13-9-18-22(26(29)35-13)21(14-10-19(30-2)23(32-4)20(11-14)31-3)24(36-18)25(28)27-15-5-6-16-17(12-15)34-8-7-33-16/h5-6,9-12,21,24H,7-8H2,1-4H3,(H,27,28)/t21-,24-/m0/s1. The van der Waals surface area contributed by atoms with Crippen LogP contribution in [0.25, 0.3) is 0 Å². The van der Waals surface area contributed by atoms with Gasteiger partial charge in [-0.05, 0) is 36.8 Å². The van der Waals surface area contributed by atoms with Gasteiger partial charge in [0.2, 0.25) is 5.75 Å². The zero-order chi connectivity index (χ0) is 25.4. The quantitative estimate of drug-likeness (QED) is 0.550. The van der Waals surface area contributed by atoms with Crippen LogP contribution in [-0.4, -0.2) is 46.6 Å². The van der Waals surface area contributed by atoms with Gasteiger partial charge < -0.3 is 38.2 Å². The summed E-state index contributed by atoms with van der Waals surface area (Å²) in [6.45, 7) is 2.52. The zero-order valence-corrected chi connectivity index (χ0v) is 20.2. The Hall–Kier alpha value is -4.34. The highest BCUT2D eigenvalue weighted by Gasteiger charge is 2.44. The van der Waals surface area contributed by atoms with Gasteiger partial charge in [0.1, 0.15) is 24.7 Å². The van der Waals surface area contributed by atoms with Gasteiger partial charge in [0.25, 0.3) is 5.91 Å². The van der Waals surface area contributed by atoms with Crippen LogP contribution in [0.5, 0.6) is 34.5 Å². The lowest BCUT2D eigenvalue weighted by Crippen LogP contribution is -2.35. The summed E-state index contributed by atoms with van der Waals surface area (Å²) < 4.78 is 39.0. The van der Waals surface area contributed by atoms with Gasteiger partial charge in [-0.3, -0.25) is 4.79 Å². The number of anilines is 1.